The Kier molecular flexibility index (Phi) is 8.85. The Hall–Kier alpha value is -1.32. The fraction of sp³-hybridized carbons (Fsp3) is 0.722. The molecule has 0 unspecified atom stereocenters. The molecule has 1 aromatic heterocycles. The number of aliphatic imine (C=N–C) groups is 1. The van der Waals surface area contributed by atoms with E-state index < -0.39 is 0 Å². The minimum atomic E-state index is -0.115. The first kappa shape index (κ1) is 22.7. The van der Waals surface area contributed by atoms with Gasteiger partial charge in [-0.2, -0.15) is 0 Å². The number of hydrogen-bond donors (Lipinski definition) is 1. The zero-order chi connectivity index (χ0) is 18.4. The van der Waals surface area contributed by atoms with Gasteiger partial charge in [0.25, 0.3) is 0 Å². The van der Waals surface area contributed by atoms with Crippen molar-refractivity contribution >= 4 is 35.9 Å². The van der Waals surface area contributed by atoms with E-state index in [0.717, 1.165) is 44.2 Å². The number of piperidine rings is 1. The molecular formula is C18H31IN4O3. The summed E-state index contributed by atoms with van der Waals surface area (Å²) in [6, 6.07) is 0. The summed E-state index contributed by atoms with van der Waals surface area (Å²) in [4.78, 5) is 22.8. The molecule has 1 N–H and O–H groups in total. The number of carbonyl (C=O) groups excluding carboxylic acids is 1. The number of halogens is 1. The Labute approximate surface area is 173 Å². The number of likely N-dealkylation sites (tertiary alicyclic amines) is 1. The minimum absolute atomic E-state index is 0. The summed E-state index contributed by atoms with van der Waals surface area (Å²) in [6.07, 6.45) is 3.34. The highest BCUT2D eigenvalue weighted by Crippen LogP contribution is 2.23. The third-order valence-corrected chi connectivity index (χ3v) is 4.32. The number of rotatable bonds is 4. The lowest BCUT2D eigenvalue weighted by molar-refractivity contribution is -0.146. The molecule has 0 atom stereocenters. The van der Waals surface area contributed by atoms with E-state index in [4.69, 9.17) is 9.15 Å². The van der Waals surface area contributed by atoms with Crippen molar-refractivity contribution in [2.75, 3.05) is 26.7 Å². The van der Waals surface area contributed by atoms with Crippen LogP contribution in [0.25, 0.3) is 0 Å². The van der Waals surface area contributed by atoms with Gasteiger partial charge in [-0.25, -0.2) is 9.98 Å². The highest BCUT2D eigenvalue weighted by atomic mass is 127. The lowest BCUT2D eigenvalue weighted by atomic mass is 9.94. The Morgan fingerprint density at radius 2 is 2.08 bits per heavy atom. The van der Waals surface area contributed by atoms with Gasteiger partial charge >= 0.3 is 5.97 Å². The third-order valence-electron chi connectivity index (χ3n) is 4.32. The monoisotopic (exact) mass is 478 g/mol. The number of hydrogen-bond acceptors (Lipinski definition) is 5. The fourth-order valence-corrected chi connectivity index (χ4v) is 2.79. The van der Waals surface area contributed by atoms with Crippen LogP contribution in [0.5, 0.6) is 0 Å². The Bertz CT molecular complexity index is 602. The molecule has 0 bridgehead atoms. The lowest BCUT2D eigenvalue weighted by Gasteiger charge is -2.33. The molecule has 0 saturated carbocycles. The van der Waals surface area contributed by atoms with Gasteiger partial charge in [0.1, 0.15) is 12.3 Å². The van der Waals surface area contributed by atoms with Gasteiger partial charge in [-0.1, -0.05) is 20.8 Å². The highest BCUT2D eigenvalue weighted by Gasteiger charge is 2.27. The average molecular weight is 478 g/mol. The third kappa shape index (κ3) is 6.14. The molecule has 7 nitrogen and oxygen atoms in total. The molecule has 2 heterocycles. The van der Waals surface area contributed by atoms with Crippen LogP contribution in [0.2, 0.25) is 0 Å². The zero-order valence-electron chi connectivity index (χ0n) is 16.4. The number of aromatic nitrogens is 1. The summed E-state index contributed by atoms with van der Waals surface area (Å²) in [5.74, 6) is 2.19. The van der Waals surface area contributed by atoms with Crippen molar-refractivity contribution in [2.24, 2.45) is 10.9 Å². The van der Waals surface area contributed by atoms with E-state index in [1.165, 1.54) is 7.11 Å². The van der Waals surface area contributed by atoms with Crippen molar-refractivity contribution in [1.82, 2.24) is 15.2 Å². The maximum Gasteiger partial charge on any atom is 0.308 e. The number of esters is 1. The summed E-state index contributed by atoms with van der Waals surface area (Å²) in [5.41, 5.74) is -0.0603. The molecule has 0 spiro atoms. The number of carbonyl (C=O) groups is 1. The summed E-state index contributed by atoms with van der Waals surface area (Å²) in [5, 5.41) is 3.31. The van der Waals surface area contributed by atoms with Crippen LogP contribution in [-0.4, -0.2) is 48.6 Å². The Balaban J connectivity index is 0.00000338. The van der Waals surface area contributed by atoms with Gasteiger partial charge in [0.2, 0.25) is 5.89 Å². The van der Waals surface area contributed by atoms with Crippen LogP contribution in [0.1, 0.15) is 52.2 Å². The largest absolute Gasteiger partial charge is 0.469 e. The van der Waals surface area contributed by atoms with E-state index >= 15 is 0 Å². The smallest absolute Gasteiger partial charge is 0.308 e. The molecule has 8 heteroatoms. The molecule has 1 aliphatic rings. The maximum atomic E-state index is 11.7. The first-order valence-corrected chi connectivity index (χ1v) is 8.91. The molecule has 148 valence electrons. The molecule has 0 radical (unpaired) electrons. The average Bonchev–Trinajstić information content (AvgIpc) is 3.07. The maximum absolute atomic E-state index is 11.7. The molecular weight excluding hydrogens is 447 g/mol. The van der Waals surface area contributed by atoms with E-state index in [2.05, 4.69) is 41.0 Å². The number of nitrogens with zero attached hydrogens (tertiary/aromatic N) is 3. The number of nitrogens with one attached hydrogen (secondary N) is 1. The van der Waals surface area contributed by atoms with Crippen molar-refractivity contribution in [1.29, 1.82) is 0 Å². The van der Waals surface area contributed by atoms with E-state index in [1.54, 1.807) is 6.20 Å². The summed E-state index contributed by atoms with van der Waals surface area (Å²) in [7, 11) is 1.45. The predicted octanol–water partition coefficient (Wildman–Crippen LogP) is 2.94. The highest BCUT2D eigenvalue weighted by molar-refractivity contribution is 14.0. The molecule has 2 rings (SSSR count). The van der Waals surface area contributed by atoms with Crippen molar-refractivity contribution in [2.45, 2.75) is 52.5 Å². The van der Waals surface area contributed by atoms with Crippen LogP contribution in [0, 0.1) is 5.92 Å². The standard InChI is InChI=1S/C18H30N4O3.HI/c1-6-19-17(22-9-7-13(8-10-22)16(23)24-5)21-12-15-20-11-14(25-15)18(2,3)4;/h11,13H,6-10,12H2,1-5H3,(H,19,21);1H. The quantitative estimate of drug-likeness (QED) is 0.310. The summed E-state index contributed by atoms with van der Waals surface area (Å²) in [6.45, 7) is 11.1. The number of ether oxygens (including phenoxy) is 1. The second kappa shape index (κ2) is 10.1. The summed E-state index contributed by atoms with van der Waals surface area (Å²) >= 11 is 0. The number of methoxy groups -OCH3 is 1. The molecule has 1 fully saturated rings. The van der Waals surface area contributed by atoms with Crippen LogP contribution in [-0.2, 0) is 21.5 Å². The number of oxazole rings is 1. The topological polar surface area (TPSA) is 80.0 Å². The zero-order valence-corrected chi connectivity index (χ0v) is 18.7. The van der Waals surface area contributed by atoms with E-state index in [0.29, 0.717) is 12.4 Å². The Morgan fingerprint density at radius 3 is 2.58 bits per heavy atom. The van der Waals surface area contributed by atoms with Gasteiger partial charge in [0.05, 0.1) is 19.2 Å². The molecule has 0 amide bonds. The molecule has 1 aliphatic heterocycles. The predicted molar refractivity (Wildman–Crippen MR) is 112 cm³/mol. The van der Waals surface area contributed by atoms with Crippen molar-refractivity contribution in [3.8, 4) is 0 Å². The van der Waals surface area contributed by atoms with Crippen LogP contribution in [0.15, 0.2) is 15.6 Å². The SMILES string of the molecule is CCNC(=NCc1ncc(C(C)(C)C)o1)N1CCC(C(=O)OC)CC1.I. The van der Waals surface area contributed by atoms with Crippen molar-refractivity contribution in [3.05, 3.63) is 17.8 Å². The van der Waals surface area contributed by atoms with Crippen LogP contribution in [0.3, 0.4) is 0 Å². The van der Waals surface area contributed by atoms with Gasteiger partial charge in [-0.05, 0) is 19.8 Å². The molecule has 26 heavy (non-hydrogen) atoms. The van der Waals surface area contributed by atoms with Crippen molar-refractivity contribution < 1.29 is 13.9 Å². The fourth-order valence-electron chi connectivity index (χ4n) is 2.79. The second-order valence-corrected chi connectivity index (χ2v) is 7.32. The van der Waals surface area contributed by atoms with Gasteiger partial charge in [0, 0.05) is 25.0 Å². The first-order chi connectivity index (χ1) is 11.8. The Morgan fingerprint density at radius 1 is 1.42 bits per heavy atom. The first-order valence-electron chi connectivity index (χ1n) is 8.91. The van der Waals surface area contributed by atoms with Gasteiger partial charge < -0.3 is 19.4 Å². The normalized spacial score (nSPS) is 16.2. The minimum Gasteiger partial charge on any atom is -0.469 e. The van der Waals surface area contributed by atoms with Gasteiger partial charge in [0.15, 0.2) is 5.96 Å². The molecule has 1 aromatic rings. The number of guanidine groups is 1. The van der Waals surface area contributed by atoms with Crippen molar-refractivity contribution in [3.63, 3.8) is 0 Å². The van der Waals surface area contributed by atoms with Crippen LogP contribution < -0.4 is 5.32 Å². The van der Waals surface area contributed by atoms with E-state index in [1.807, 2.05) is 6.92 Å². The summed E-state index contributed by atoms with van der Waals surface area (Å²) < 4.78 is 10.6. The second-order valence-electron chi connectivity index (χ2n) is 7.32. The lowest BCUT2D eigenvalue weighted by Crippen LogP contribution is -2.46. The van der Waals surface area contributed by atoms with Crippen LogP contribution in [0.4, 0.5) is 0 Å². The van der Waals surface area contributed by atoms with Gasteiger partial charge in [-0.15, -0.1) is 24.0 Å². The molecule has 1 saturated heterocycles. The molecule has 0 aliphatic carbocycles. The van der Waals surface area contributed by atoms with E-state index in [-0.39, 0.29) is 41.3 Å². The van der Waals surface area contributed by atoms with E-state index in [9.17, 15) is 4.79 Å². The molecule has 0 aromatic carbocycles. The van der Waals surface area contributed by atoms with Gasteiger partial charge in [-0.3, -0.25) is 4.79 Å². The van der Waals surface area contributed by atoms with Crippen LogP contribution >= 0.6 is 24.0 Å².